The van der Waals surface area contributed by atoms with Crippen LogP contribution < -0.4 is 5.32 Å². The molecule has 0 spiro atoms. The summed E-state index contributed by atoms with van der Waals surface area (Å²) < 4.78 is 4.94. The minimum absolute atomic E-state index is 0.159. The molecular formula is C13H11NO4. The molecule has 18 heavy (non-hydrogen) atoms. The third kappa shape index (κ3) is 2.40. The summed E-state index contributed by atoms with van der Waals surface area (Å²) in [6, 6.07) is 7.83. The Morgan fingerprint density at radius 2 is 2.06 bits per heavy atom. The third-order valence-corrected chi connectivity index (χ3v) is 2.47. The summed E-state index contributed by atoms with van der Waals surface area (Å²) in [4.78, 5) is 22.6. The van der Waals surface area contributed by atoms with Crippen molar-refractivity contribution in [1.29, 1.82) is 0 Å². The molecule has 0 atom stereocenters. The normalized spacial score (nSPS) is 10.1. The SMILES string of the molecule is Cc1ccc(NC(=O)c2ccco2)cc1C(=O)O. The number of anilines is 1. The highest BCUT2D eigenvalue weighted by Gasteiger charge is 2.11. The molecule has 2 N–H and O–H groups in total. The van der Waals surface area contributed by atoms with E-state index in [1.165, 1.54) is 18.4 Å². The summed E-state index contributed by atoms with van der Waals surface area (Å²) in [5, 5.41) is 11.5. The molecule has 5 nitrogen and oxygen atoms in total. The molecule has 0 aliphatic heterocycles. The molecule has 1 aromatic carbocycles. The molecule has 0 radical (unpaired) electrons. The maximum Gasteiger partial charge on any atom is 0.336 e. The Morgan fingerprint density at radius 1 is 1.28 bits per heavy atom. The van der Waals surface area contributed by atoms with Crippen molar-refractivity contribution in [2.75, 3.05) is 5.32 Å². The highest BCUT2D eigenvalue weighted by molar-refractivity contribution is 6.03. The van der Waals surface area contributed by atoms with Gasteiger partial charge in [0.05, 0.1) is 11.8 Å². The van der Waals surface area contributed by atoms with E-state index in [0.717, 1.165) is 0 Å². The van der Waals surface area contributed by atoms with Gasteiger partial charge < -0.3 is 14.8 Å². The first-order chi connectivity index (χ1) is 8.58. The fourth-order valence-electron chi connectivity index (χ4n) is 1.53. The van der Waals surface area contributed by atoms with Gasteiger partial charge in [0.15, 0.2) is 5.76 Å². The van der Waals surface area contributed by atoms with Gasteiger partial charge in [-0.1, -0.05) is 6.07 Å². The highest BCUT2D eigenvalue weighted by Crippen LogP contribution is 2.16. The van der Waals surface area contributed by atoms with Gasteiger partial charge in [0.2, 0.25) is 0 Å². The van der Waals surface area contributed by atoms with Gasteiger partial charge in [-0.2, -0.15) is 0 Å². The molecule has 0 saturated heterocycles. The number of benzene rings is 1. The van der Waals surface area contributed by atoms with Crippen molar-refractivity contribution in [2.45, 2.75) is 6.92 Å². The fourth-order valence-corrected chi connectivity index (χ4v) is 1.53. The maximum absolute atomic E-state index is 11.7. The molecule has 2 aromatic rings. The molecule has 0 fully saturated rings. The lowest BCUT2D eigenvalue weighted by atomic mass is 10.1. The van der Waals surface area contributed by atoms with Crippen molar-refractivity contribution >= 4 is 17.6 Å². The Kier molecular flexibility index (Phi) is 3.14. The monoisotopic (exact) mass is 245 g/mol. The summed E-state index contributed by atoms with van der Waals surface area (Å²) in [6.07, 6.45) is 1.40. The number of carboxylic acids is 1. The number of furan rings is 1. The second kappa shape index (κ2) is 4.75. The highest BCUT2D eigenvalue weighted by atomic mass is 16.4. The first-order valence-electron chi connectivity index (χ1n) is 5.27. The zero-order chi connectivity index (χ0) is 13.1. The van der Waals surface area contributed by atoms with Crippen LogP contribution in [0.25, 0.3) is 0 Å². The summed E-state index contributed by atoms with van der Waals surface area (Å²) >= 11 is 0. The van der Waals surface area contributed by atoms with Crippen LogP contribution in [-0.4, -0.2) is 17.0 Å². The topological polar surface area (TPSA) is 79.5 Å². The van der Waals surface area contributed by atoms with Gasteiger partial charge in [-0.15, -0.1) is 0 Å². The van der Waals surface area contributed by atoms with Crippen molar-refractivity contribution in [1.82, 2.24) is 0 Å². The molecule has 1 amide bonds. The molecule has 0 aliphatic carbocycles. The Morgan fingerprint density at radius 3 is 2.67 bits per heavy atom. The number of hydrogen-bond donors (Lipinski definition) is 2. The second-order valence-electron chi connectivity index (χ2n) is 3.77. The molecule has 5 heteroatoms. The summed E-state index contributed by atoms with van der Waals surface area (Å²) in [6.45, 7) is 1.70. The van der Waals surface area contributed by atoms with E-state index in [1.54, 1.807) is 25.1 Å². The number of carbonyl (C=O) groups is 2. The lowest BCUT2D eigenvalue weighted by Crippen LogP contribution is -2.11. The predicted octanol–water partition coefficient (Wildman–Crippen LogP) is 2.54. The lowest BCUT2D eigenvalue weighted by Gasteiger charge is -2.06. The first kappa shape index (κ1) is 11.9. The van der Waals surface area contributed by atoms with Crippen LogP contribution in [0.15, 0.2) is 41.0 Å². The van der Waals surface area contributed by atoms with E-state index in [0.29, 0.717) is 11.3 Å². The van der Waals surface area contributed by atoms with Crippen LogP contribution in [0.2, 0.25) is 0 Å². The summed E-state index contributed by atoms with van der Waals surface area (Å²) in [7, 11) is 0. The third-order valence-electron chi connectivity index (χ3n) is 2.47. The minimum Gasteiger partial charge on any atom is -0.478 e. The average Bonchev–Trinajstić information content (AvgIpc) is 2.85. The predicted molar refractivity (Wildman–Crippen MR) is 64.8 cm³/mol. The van der Waals surface area contributed by atoms with E-state index in [1.807, 2.05) is 0 Å². The van der Waals surface area contributed by atoms with Crippen LogP contribution in [0.1, 0.15) is 26.5 Å². The minimum atomic E-state index is -1.03. The Hall–Kier alpha value is -2.56. The van der Waals surface area contributed by atoms with E-state index in [4.69, 9.17) is 9.52 Å². The number of hydrogen-bond acceptors (Lipinski definition) is 3. The quantitative estimate of drug-likeness (QED) is 0.870. The second-order valence-corrected chi connectivity index (χ2v) is 3.77. The van der Waals surface area contributed by atoms with E-state index in [9.17, 15) is 9.59 Å². The first-order valence-corrected chi connectivity index (χ1v) is 5.27. The van der Waals surface area contributed by atoms with Crippen LogP contribution in [0.3, 0.4) is 0 Å². The maximum atomic E-state index is 11.7. The number of nitrogens with one attached hydrogen (secondary N) is 1. The van der Waals surface area contributed by atoms with E-state index in [2.05, 4.69) is 5.32 Å². The van der Waals surface area contributed by atoms with Crippen molar-refractivity contribution in [3.8, 4) is 0 Å². The standard InChI is InChI=1S/C13H11NO4/c1-8-4-5-9(7-10(8)13(16)17)14-12(15)11-3-2-6-18-11/h2-7H,1H3,(H,14,15)(H,16,17). The van der Waals surface area contributed by atoms with E-state index in [-0.39, 0.29) is 11.3 Å². The summed E-state index contributed by atoms with van der Waals surface area (Å²) in [5.74, 6) is -1.27. The van der Waals surface area contributed by atoms with Gasteiger partial charge in [0.25, 0.3) is 5.91 Å². The smallest absolute Gasteiger partial charge is 0.336 e. The Labute approximate surface area is 103 Å². The molecule has 0 bridgehead atoms. The average molecular weight is 245 g/mol. The van der Waals surface area contributed by atoms with Crippen LogP contribution >= 0.6 is 0 Å². The van der Waals surface area contributed by atoms with Gasteiger partial charge in [-0.05, 0) is 36.8 Å². The molecular weight excluding hydrogens is 234 g/mol. The number of aryl methyl sites for hydroxylation is 1. The zero-order valence-electron chi connectivity index (χ0n) is 9.64. The number of aromatic carboxylic acids is 1. The Bertz CT molecular complexity index is 587. The lowest BCUT2D eigenvalue weighted by molar-refractivity contribution is 0.0695. The van der Waals surface area contributed by atoms with Crippen molar-refractivity contribution in [3.63, 3.8) is 0 Å². The fraction of sp³-hybridized carbons (Fsp3) is 0.0769. The number of carboxylic acid groups (broad SMARTS) is 1. The van der Waals surface area contributed by atoms with Crippen LogP contribution in [0.4, 0.5) is 5.69 Å². The zero-order valence-corrected chi connectivity index (χ0v) is 9.64. The van der Waals surface area contributed by atoms with Crippen LogP contribution in [0.5, 0.6) is 0 Å². The number of carbonyl (C=O) groups excluding carboxylic acids is 1. The van der Waals surface area contributed by atoms with Gasteiger partial charge in [0, 0.05) is 5.69 Å². The molecule has 1 heterocycles. The number of amides is 1. The molecule has 1 aromatic heterocycles. The number of rotatable bonds is 3. The van der Waals surface area contributed by atoms with Gasteiger partial charge in [-0.3, -0.25) is 4.79 Å². The van der Waals surface area contributed by atoms with E-state index >= 15 is 0 Å². The van der Waals surface area contributed by atoms with E-state index < -0.39 is 11.9 Å². The van der Waals surface area contributed by atoms with Crippen LogP contribution in [0, 0.1) is 6.92 Å². The van der Waals surface area contributed by atoms with Crippen molar-refractivity contribution < 1.29 is 19.1 Å². The van der Waals surface area contributed by atoms with Crippen molar-refractivity contribution in [2.24, 2.45) is 0 Å². The van der Waals surface area contributed by atoms with Crippen molar-refractivity contribution in [3.05, 3.63) is 53.5 Å². The molecule has 2 rings (SSSR count). The Balaban J connectivity index is 2.22. The summed E-state index contributed by atoms with van der Waals surface area (Å²) in [5.41, 5.74) is 1.21. The molecule has 0 aliphatic rings. The largest absolute Gasteiger partial charge is 0.478 e. The van der Waals surface area contributed by atoms with Crippen LogP contribution in [-0.2, 0) is 0 Å². The molecule has 0 saturated carbocycles. The molecule has 0 unspecified atom stereocenters. The van der Waals surface area contributed by atoms with Gasteiger partial charge in [0.1, 0.15) is 0 Å². The molecule has 92 valence electrons. The van der Waals surface area contributed by atoms with Gasteiger partial charge in [-0.25, -0.2) is 4.79 Å². The van der Waals surface area contributed by atoms with Gasteiger partial charge >= 0.3 is 5.97 Å².